The minimum atomic E-state index is -0.159. The van der Waals surface area contributed by atoms with E-state index >= 15 is 0 Å². The number of thiazole rings is 1. The van der Waals surface area contributed by atoms with Crippen LogP contribution in [0, 0.1) is 0 Å². The number of benzene rings is 1. The molecule has 0 unspecified atom stereocenters. The number of halogens is 1. The summed E-state index contributed by atoms with van der Waals surface area (Å²) >= 11 is 4.89. The minimum Gasteiger partial charge on any atom is -0.486 e. The zero-order chi connectivity index (χ0) is 17.2. The van der Waals surface area contributed by atoms with Crippen molar-refractivity contribution in [3.8, 4) is 22.3 Å². The lowest BCUT2D eigenvalue weighted by Gasteiger charge is -2.20. The quantitative estimate of drug-likeness (QED) is 0.686. The van der Waals surface area contributed by atoms with Crippen molar-refractivity contribution in [3.05, 3.63) is 46.1 Å². The van der Waals surface area contributed by atoms with Crippen molar-refractivity contribution >= 4 is 38.9 Å². The maximum Gasteiger partial charge on any atom is 0.230 e. The summed E-state index contributed by atoms with van der Waals surface area (Å²) in [5.74, 6) is 1.83. The number of carbonyl (C=O) groups is 1. The largest absolute Gasteiger partial charge is 0.486 e. The number of ether oxygens (including phenoxy) is 2. The van der Waals surface area contributed by atoms with Gasteiger partial charge in [0.1, 0.15) is 13.2 Å². The van der Waals surface area contributed by atoms with Gasteiger partial charge in [-0.25, -0.2) is 4.98 Å². The monoisotopic (exact) mass is 420 g/mol. The first kappa shape index (κ1) is 16.2. The molecule has 128 valence electrons. The molecule has 0 bridgehead atoms. The number of rotatable bonds is 4. The molecule has 0 spiro atoms. The summed E-state index contributed by atoms with van der Waals surface area (Å²) in [6.45, 7) is 1.02. The van der Waals surface area contributed by atoms with Crippen LogP contribution in [0.25, 0.3) is 10.8 Å². The van der Waals surface area contributed by atoms with E-state index in [-0.39, 0.29) is 12.3 Å². The van der Waals surface area contributed by atoms with Crippen LogP contribution in [0.5, 0.6) is 11.5 Å². The third-order valence-electron chi connectivity index (χ3n) is 3.53. The fraction of sp³-hybridized carbons (Fsp3) is 0.176. The number of amides is 1. The molecule has 0 saturated carbocycles. The van der Waals surface area contributed by atoms with Gasteiger partial charge in [0, 0.05) is 22.0 Å². The summed E-state index contributed by atoms with van der Waals surface area (Å²) < 4.78 is 17.1. The molecule has 6 nitrogen and oxygen atoms in total. The molecular formula is C17H13BrN2O4S. The van der Waals surface area contributed by atoms with Gasteiger partial charge in [0.15, 0.2) is 22.3 Å². The normalized spacial score (nSPS) is 12.8. The van der Waals surface area contributed by atoms with Crippen molar-refractivity contribution in [3.63, 3.8) is 0 Å². The zero-order valence-electron chi connectivity index (χ0n) is 13.0. The maximum absolute atomic E-state index is 12.3. The highest BCUT2D eigenvalue weighted by atomic mass is 79.9. The van der Waals surface area contributed by atoms with E-state index in [1.165, 1.54) is 11.3 Å². The lowest BCUT2D eigenvalue weighted by molar-refractivity contribution is -0.115. The summed E-state index contributed by atoms with van der Waals surface area (Å²) in [6, 6.07) is 7.20. The Kier molecular flexibility index (Phi) is 4.46. The summed E-state index contributed by atoms with van der Waals surface area (Å²) in [4.78, 5) is 16.8. The van der Waals surface area contributed by atoms with E-state index in [4.69, 9.17) is 13.9 Å². The van der Waals surface area contributed by atoms with Gasteiger partial charge in [0.2, 0.25) is 5.91 Å². The van der Waals surface area contributed by atoms with E-state index in [1.807, 2.05) is 17.5 Å². The van der Waals surface area contributed by atoms with Crippen molar-refractivity contribution in [2.24, 2.45) is 0 Å². The number of fused-ring (bicyclic) bond motifs is 1. The maximum atomic E-state index is 12.3. The van der Waals surface area contributed by atoms with Crippen LogP contribution in [-0.2, 0) is 11.2 Å². The predicted molar refractivity (Wildman–Crippen MR) is 97.3 cm³/mol. The van der Waals surface area contributed by atoms with Crippen molar-refractivity contribution < 1.29 is 18.7 Å². The number of furan rings is 1. The Morgan fingerprint density at radius 1 is 1.28 bits per heavy atom. The van der Waals surface area contributed by atoms with Crippen molar-refractivity contribution in [2.75, 3.05) is 18.5 Å². The number of hydrogen-bond acceptors (Lipinski definition) is 6. The summed E-state index contributed by atoms with van der Waals surface area (Å²) in [6.07, 6.45) is 1.78. The molecule has 3 aromatic rings. The predicted octanol–water partition coefficient (Wildman–Crippen LogP) is 4.12. The topological polar surface area (TPSA) is 73.6 Å². The van der Waals surface area contributed by atoms with Crippen LogP contribution in [-0.4, -0.2) is 24.1 Å². The number of anilines is 1. The minimum absolute atomic E-state index is 0.159. The molecule has 1 aliphatic rings. The zero-order valence-corrected chi connectivity index (χ0v) is 15.4. The van der Waals surface area contributed by atoms with E-state index in [0.717, 1.165) is 9.48 Å². The molecule has 25 heavy (non-hydrogen) atoms. The summed E-state index contributed by atoms with van der Waals surface area (Å²) in [7, 11) is 0. The first-order chi connectivity index (χ1) is 12.2. The third kappa shape index (κ3) is 3.54. The number of hydrogen-bond donors (Lipinski definition) is 1. The van der Waals surface area contributed by atoms with Crippen LogP contribution in [0.4, 0.5) is 5.69 Å². The van der Waals surface area contributed by atoms with Gasteiger partial charge < -0.3 is 19.2 Å². The lowest BCUT2D eigenvalue weighted by atomic mass is 10.2. The first-order valence-electron chi connectivity index (χ1n) is 7.56. The Balaban J connectivity index is 1.46. The number of aromatic nitrogens is 1. The fourth-order valence-electron chi connectivity index (χ4n) is 2.42. The SMILES string of the molecule is O=C(Cc1csc(-c2ccco2)n1)Nc1cc2c(cc1Br)OCCO2. The van der Waals surface area contributed by atoms with E-state index in [9.17, 15) is 4.79 Å². The van der Waals surface area contributed by atoms with Crippen molar-refractivity contribution in [1.82, 2.24) is 4.98 Å². The molecule has 8 heteroatoms. The number of nitrogens with zero attached hydrogens (tertiary/aromatic N) is 1. The molecule has 1 aromatic carbocycles. The van der Waals surface area contributed by atoms with E-state index < -0.39 is 0 Å². The second-order valence-corrected chi connectivity index (χ2v) is 7.03. The van der Waals surface area contributed by atoms with Crippen LogP contribution in [0.2, 0.25) is 0 Å². The van der Waals surface area contributed by atoms with Gasteiger partial charge in [-0.15, -0.1) is 11.3 Å². The molecule has 0 atom stereocenters. The third-order valence-corrected chi connectivity index (χ3v) is 5.09. The van der Waals surface area contributed by atoms with Gasteiger partial charge in [-0.3, -0.25) is 4.79 Å². The van der Waals surface area contributed by atoms with Crippen LogP contribution in [0.1, 0.15) is 5.69 Å². The van der Waals surface area contributed by atoms with E-state index in [2.05, 4.69) is 26.2 Å². The number of nitrogens with one attached hydrogen (secondary N) is 1. The average molecular weight is 421 g/mol. The fourth-order valence-corrected chi connectivity index (χ4v) is 3.63. The van der Waals surface area contributed by atoms with Gasteiger partial charge in [0.25, 0.3) is 0 Å². The Morgan fingerprint density at radius 2 is 2.08 bits per heavy atom. The highest BCUT2D eigenvalue weighted by Gasteiger charge is 2.17. The molecule has 2 aromatic heterocycles. The molecular weight excluding hydrogens is 408 g/mol. The molecule has 1 N–H and O–H groups in total. The smallest absolute Gasteiger partial charge is 0.230 e. The summed E-state index contributed by atoms with van der Waals surface area (Å²) in [5, 5.41) is 5.49. The molecule has 1 amide bonds. The van der Waals surface area contributed by atoms with Crippen LogP contribution in [0.15, 0.2) is 44.8 Å². The Morgan fingerprint density at radius 3 is 2.84 bits per heavy atom. The van der Waals surface area contributed by atoms with Crippen molar-refractivity contribution in [2.45, 2.75) is 6.42 Å². The molecule has 0 fully saturated rings. The second kappa shape index (κ2) is 6.89. The first-order valence-corrected chi connectivity index (χ1v) is 9.23. The van der Waals surface area contributed by atoms with Gasteiger partial charge in [-0.1, -0.05) is 0 Å². The highest BCUT2D eigenvalue weighted by molar-refractivity contribution is 9.10. The van der Waals surface area contributed by atoms with E-state index in [1.54, 1.807) is 18.4 Å². The van der Waals surface area contributed by atoms with Crippen molar-refractivity contribution in [1.29, 1.82) is 0 Å². The van der Waals surface area contributed by atoms with Gasteiger partial charge in [0.05, 0.1) is 24.1 Å². The Hall–Kier alpha value is -2.32. The Bertz CT molecular complexity index is 908. The van der Waals surface area contributed by atoms with Gasteiger partial charge in [-0.05, 0) is 28.1 Å². The van der Waals surface area contributed by atoms with Crippen LogP contribution in [0.3, 0.4) is 0 Å². The lowest BCUT2D eigenvalue weighted by Crippen LogP contribution is -2.17. The van der Waals surface area contributed by atoms with Crippen LogP contribution >= 0.6 is 27.3 Å². The van der Waals surface area contributed by atoms with Gasteiger partial charge >= 0.3 is 0 Å². The molecule has 0 saturated heterocycles. The summed E-state index contributed by atoms with van der Waals surface area (Å²) in [5.41, 5.74) is 1.33. The standard InChI is InChI=1S/C17H13BrN2O4S/c18-11-7-14-15(24-5-4-23-14)8-12(11)20-16(21)6-10-9-25-17(19-10)13-2-1-3-22-13/h1-3,7-9H,4-6H2,(H,20,21). The number of carbonyl (C=O) groups excluding carboxylic acids is 1. The second-order valence-electron chi connectivity index (χ2n) is 5.32. The molecule has 4 rings (SSSR count). The Labute approximate surface area is 155 Å². The van der Waals surface area contributed by atoms with Crippen LogP contribution < -0.4 is 14.8 Å². The molecule has 0 radical (unpaired) electrons. The molecule has 0 aliphatic carbocycles. The molecule has 1 aliphatic heterocycles. The van der Waals surface area contributed by atoms with E-state index in [0.29, 0.717) is 41.9 Å². The van der Waals surface area contributed by atoms with Gasteiger partial charge in [-0.2, -0.15) is 0 Å². The average Bonchev–Trinajstić information content (AvgIpc) is 3.26. The molecule has 3 heterocycles. The highest BCUT2D eigenvalue weighted by Crippen LogP contribution is 2.38.